The van der Waals surface area contributed by atoms with Crippen LogP contribution in [-0.4, -0.2) is 32.0 Å². The minimum absolute atomic E-state index is 0.0418. The van der Waals surface area contributed by atoms with Crippen LogP contribution in [-0.2, 0) is 11.2 Å². The second-order valence-electron chi connectivity index (χ2n) is 4.71. The van der Waals surface area contributed by atoms with E-state index in [1.54, 1.807) is 7.11 Å². The van der Waals surface area contributed by atoms with E-state index in [2.05, 4.69) is 12.2 Å². The topological polar surface area (TPSA) is 47.6 Å². The summed E-state index contributed by atoms with van der Waals surface area (Å²) in [6.45, 7) is 3.33. The zero-order valence-electron chi connectivity index (χ0n) is 12.8. The number of carbonyl (C=O) groups is 1. The Morgan fingerprint density at radius 3 is 2.86 bits per heavy atom. The highest BCUT2D eigenvalue weighted by atomic mass is 35.5. The van der Waals surface area contributed by atoms with Crippen molar-refractivity contribution in [2.75, 3.05) is 26.1 Å². The monoisotopic (exact) mass is 313 g/mol. The molecule has 0 unspecified atom stereocenters. The summed E-state index contributed by atoms with van der Waals surface area (Å²) < 4.78 is 11.0. The van der Waals surface area contributed by atoms with E-state index in [4.69, 9.17) is 21.1 Å². The first-order chi connectivity index (χ1) is 10.2. The van der Waals surface area contributed by atoms with Crippen LogP contribution >= 0.6 is 11.6 Å². The summed E-state index contributed by atoms with van der Waals surface area (Å²) in [6.07, 6.45) is 2.87. The Balaban J connectivity index is 2.54. The normalized spacial score (nSPS) is 10.2. The van der Waals surface area contributed by atoms with Crippen LogP contribution < -0.4 is 14.8 Å². The molecule has 5 heteroatoms. The molecule has 0 spiro atoms. The number of hydrogen-bond acceptors (Lipinski definition) is 3. The molecular weight excluding hydrogens is 290 g/mol. The van der Waals surface area contributed by atoms with Crippen molar-refractivity contribution in [3.05, 3.63) is 23.8 Å². The third-order valence-corrected chi connectivity index (χ3v) is 3.26. The van der Waals surface area contributed by atoms with E-state index in [1.807, 2.05) is 18.2 Å². The molecule has 0 aliphatic carbocycles. The number of methoxy groups -OCH3 is 1. The summed E-state index contributed by atoms with van der Waals surface area (Å²) in [7, 11) is 1.63. The minimum Gasteiger partial charge on any atom is -0.497 e. The molecule has 0 saturated carbocycles. The number of benzene rings is 1. The highest BCUT2D eigenvalue weighted by Gasteiger charge is 2.07. The van der Waals surface area contributed by atoms with Gasteiger partial charge in [-0.2, -0.15) is 0 Å². The second-order valence-corrected chi connectivity index (χ2v) is 5.09. The third-order valence-electron chi connectivity index (χ3n) is 2.99. The summed E-state index contributed by atoms with van der Waals surface area (Å²) in [5.74, 6) is 2.16. The Morgan fingerprint density at radius 2 is 2.19 bits per heavy atom. The van der Waals surface area contributed by atoms with Gasteiger partial charge in [0.1, 0.15) is 11.5 Å². The number of amides is 1. The molecule has 0 aliphatic heterocycles. The van der Waals surface area contributed by atoms with Crippen LogP contribution in [0.15, 0.2) is 18.2 Å². The van der Waals surface area contributed by atoms with Gasteiger partial charge in [-0.25, -0.2) is 0 Å². The fourth-order valence-corrected chi connectivity index (χ4v) is 2.00. The van der Waals surface area contributed by atoms with E-state index in [1.165, 1.54) is 0 Å². The van der Waals surface area contributed by atoms with Gasteiger partial charge in [-0.3, -0.25) is 4.79 Å². The van der Waals surface area contributed by atoms with E-state index in [-0.39, 0.29) is 5.91 Å². The first kappa shape index (κ1) is 17.6. The maximum absolute atomic E-state index is 11.5. The second kappa shape index (κ2) is 10.3. The summed E-state index contributed by atoms with van der Waals surface area (Å²) in [6, 6.07) is 5.78. The van der Waals surface area contributed by atoms with Crippen molar-refractivity contribution < 1.29 is 14.3 Å². The average Bonchev–Trinajstić information content (AvgIpc) is 2.51. The molecule has 1 amide bonds. The number of rotatable bonds is 10. The Labute approximate surface area is 131 Å². The Kier molecular flexibility index (Phi) is 8.67. The lowest BCUT2D eigenvalue weighted by molar-refractivity contribution is -0.121. The van der Waals surface area contributed by atoms with Gasteiger partial charge in [0, 0.05) is 24.9 Å². The van der Waals surface area contributed by atoms with Crippen LogP contribution in [0, 0.1) is 0 Å². The van der Waals surface area contributed by atoms with Gasteiger partial charge in [0.15, 0.2) is 0 Å². The molecule has 1 rings (SSSR count). The van der Waals surface area contributed by atoms with Gasteiger partial charge < -0.3 is 14.8 Å². The Hall–Kier alpha value is -1.42. The number of carbonyl (C=O) groups excluding carboxylic acids is 1. The standard InChI is InChI=1S/C16H24ClNO3/c1-3-11-21-15-12-14(20-2)7-6-13(15)8-10-18-16(19)5-4-9-17/h6-7,12H,3-5,8-11H2,1-2H3,(H,18,19). The molecule has 1 N–H and O–H groups in total. The van der Waals surface area contributed by atoms with Crippen LogP contribution in [0.5, 0.6) is 11.5 Å². The molecule has 21 heavy (non-hydrogen) atoms. The number of halogens is 1. The van der Waals surface area contributed by atoms with Crippen molar-refractivity contribution in [1.29, 1.82) is 0 Å². The van der Waals surface area contributed by atoms with Crippen molar-refractivity contribution in [1.82, 2.24) is 5.32 Å². The number of hydrogen-bond donors (Lipinski definition) is 1. The van der Waals surface area contributed by atoms with Gasteiger partial charge in [-0.1, -0.05) is 13.0 Å². The van der Waals surface area contributed by atoms with E-state index in [0.717, 1.165) is 29.9 Å². The maximum atomic E-state index is 11.5. The van der Waals surface area contributed by atoms with Crippen molar-refractivity contribution >= 4 is 17.5 Å². The van der Waals surface area contributed by atoms with Gasteiger partial charge in [-0.05, 0) is 30.9 Å². The summed E-state index contributed by atoms with van der Waals surface area (Å²) in [4.78, 5) is 11.5. The van der Waals surface area contributed by atoms with Crippen molar-refractivity contribution in [2.24, 2.45) is 0 Å². The van der Waals surface area contributed by atoms with E-state index < -0.39 is 0 Å². The van der Waals surface area contributed by atoms with Gasteiger partial charge in [-0.15, -0.1) is 11.6 Å². The fraction of sp³-hybridized carbons (Fsp3) is 0.562. The summed E-state index contributed by atoms with van der Waals surface area (Å²) in [5.41, 5.74) is 1.07. The molecule has 4 nitrogen and oxygen atoms in total. The van der Waals surface area contributed by atoms with Crippen LogP contribution in [0.1, 0.15) is 31.7 Å². The molecule has 0 aromatic heterocycles. The lowest BCUT2D eigenvalue weighted by Crippen LogP contribution is -2.25. The van der Waals surface area contributed by atoms with E-state index in [0.29, 0.717) is 31.9 Å². The maximum Gasteiger partial charge on any atom is 0.220 e. The molecule has 0 atom stereocenters. The van der Waals surface area contributed by atoms with Crippen molar-refractivity contribution in [2.45, 2.75) is 32.6 Å². The van der Waals surface area contributed by atoms with Crippen LogP contribution in [0.2, 0.25) is 0 Å². The van der Waals surface area contributed by atoms with Gasteiger partial charge in [0.05, 0.1) is 13.7 Å². The molecule has 1 aromatic carbocycles. The first-order valence-corrected chi connectivity index (χ1v) is 7.87. The molecule has 118 valence electrons. The molecule has 0 aliphatic rings. The lowest BCUT2D eigenvalue weighted by atomic mass is 10.1. The van der Waals surface area contributed by atoms with Gasteiger partial charge >= 0.3 is 0 Å². The quantitative estimate of drug-likeness (QED) is 0.675. The van der Waals surface area contributed by atoms with Gasteiger partial charge in [0.25, 0.3) is 0 Å². The summed E-state index contributed by atoms with van der Waals surface area (Å²) in [5, 5.41) is 2.89. The molecule has 0 bridgehead atoms. The molecule has 1 aromatic rings. The first-order valence-electron chi connectivity index (χ1n) is 7.33. The number of ether oxygens (including phenoxy) is 2. The van der Waals surface area contributed by atoms with E-state index in [9.17, 15) is 4.79 Å². The zero-order valence-corrected chi connectivity index (χ0v) is 13.5. The number of alkyl halides is 1. The lowest BCUT2D eigenvalue weighted by Gasteiger charge is -2.13. The predicted molar refractivity (Wildman–Crippen MR) is 85.4 cm³/mol. The van der Waals surface area contributed by atoms with Crippen LogP contribution in [0.4, 0.5) is 0 Å². The van der Waals surface area contributed by atoms with Crippen molar-refractivity contribution in [3.8, 4) is 11.5 Å². The molecule has 0 heterocycles. The zero-order chi connectivity index (χ0) is 15.5. The predicted octanol–water partition coefficient (Wildman–Crippen LogP) is 3.16. The van der Waals surface area contributed by atoms with Gasteiger partial charge in [0.2, 0.25) is 5.91 Å². The molecule has 0 fully saturated rings. The number of nitrogens with one attached hydrogen (secondary N) is 1. The minimum atomic E-state index is 0.0418. The third kappa shape index (κ3) is 6.71. The molecule has 0 radical (unpaired) electrons. The summed E-state index contributed by atoms with van der Waals surface area (Å²) >= 11 is 5.56. The largest absolute Gasteiger partial charge is 0.497 e. The van der Waals surface area contributed by atoms with Crippen molar-refractivity contribution in [3.63, 3.8) is 0 Å². The van der Waals surface area contributed by atoms with Crippen LogP contribution in [0.3, 0.4) is 0 Å². The SMILES string of the molecule is CCCOc1cc(OC)ccc1CCNC(=O)CCCCl. The highest BCUT2D eigenvalue weighted by Crippen LogP contribution is 2.25. The molecular formula is C16H24ClNO3. The smallest absolute Gasteiger partial charge is 0.220 e. The van der Waals surface area contributed by atoms with Crippen LogP contribution in [0.25, 0.3) is 0 Å². The Bertz CT molecular complexity index is 438. The highest BCUT2D eigenvalue weighted by molar-refractivity contribution is 6.17. The molecule has 0 saturated heterocycles. The Morgan fingerprint density at radius 1 is 1.38 bits per heavy atom. The average molecular weight is 314 g/mol. The fourth-order valence-electron chi connectivity index (χ4n) is 1.87. The van der Waals surface area contributed by atoms with E-state index >= 15 is 0 Å².